The molecule has 0 saturated carbocycles. The van der Waals surface area contributed by atoms with Crippen LogP contribution in [0.5, 0.6) is 5.75 Å². The fourth-order valence-electron chi connectivity index (χ4n) is 10.4. The Labute approximate surface area is 406 Å². The van der Waals surface area contributed by atoms with Crippen molar-refractivity contribution in [3.8, 4) is 5.75 Å². The van der Waals surface area contributed by atoms with Crippen LogP contribution in [0.15, 0.2) is 24.3 Å². The number of likely N-dealkylation sites (N-methyl/N-ethyl adjacent to an activating group) is 2. The highest BCUT2D eigenvalue weighted by atomic mass is 16.7. The minimum atomic E-state index is -1.85. The third-order valence-corrected chi connectivity index (χ3v) is 15.2. The predicted molar refractivity (Wildman–Crippen MR) is 255 cm³/mol. The first-order valence-corrected chi connectivity index (χ1v) is 24.8. The van der Waals surface area contributed by atoms with Gasteiger partial charge in [-0.25, -0.2) is 4.79 Å². The minimum absolute atomic E-state index is 0.0972. The molecule has 4 rings (SSSR count). The molecule has 0 amide bonds. The van der Waals surface area contributed by atoms with Gasteiger partial charge < -0.3 is 72.9 Å². The molecule has 0 bridgehead atoms. The second kappa shape index (κ2) is 24.7. The monoisotopic (exact) mass is 969 g/mol. The maximum atomic E-state index is 14.6. The van der Waals surface area contributed by atoms with Crippen molar-refractivity contribution in [2.45, 2.75) is 218 Å². The third-order valence-electron chi connectivity index (χ3n) is 15.2. The largest absolute Gasteiger partial charge is 0.497 e. The summed E-state index contributed by atoms with van der Waals surface area (Å²) in [7, 11) is 8.74. The van der Waals surface area contributed by atoms with E-state index in [4.69, 9.17) is 42.6 Å². The molecule has 3 saturated heterocycles. The number of benzene rings is 1. The van der Waals surface area contributed by atoms with Crippen LogP contribution in [0.25, 0.3) is 0 Å². The highest BCUT2D eigenvalue weighted by Crippen LogP contribution is 2.42. The van der Waals surface area contributed by atoms with Gasteiger partial charge in [0.05, 0.1) is 61.3 Å². The molecular formula is C51H88N2O15. The van der Waals surface area contributed by atoms with Crippen LogP contribution in [0.4, 0.5) is 0 Å². The lowest BCUT2D eigenvalue weighted by atomic mass is 9.75. The molecule has 4 N–H and O–H groups in total. The summed E-state index contributed by atoms with van der Waals surface area (Å²) in [5, 5.41) is 48.3. The quantitative estimate of drug-likeness (QED) is 0.174. The third kappa shape index (κ3) is 13.7. The zero-order chi connectivity index (χ0) is 51.1. The van der Waals surface area contributed by atoms with Crippen molar-refractivity contribution >= 4 is 11.9 Å². The number of aliphatic hydroxyl groups is 4. The normalized spacial score (nSPS) is 41.0. The Bertz CT molecular complexity index is 1720. The van der Waals surface area contributed by atoms with E-state index in [-0.39, 0.29) is 50.4 Å². The van der Waals surface area contributed by atoms with Crippen molar-refractivity contribution in [3.63, 3.8) is 0 Å². The van der Waals surface area contributed by atoms with Gasteiger partial charge >= 0.3 is 11.9 Å². The van der Waals surface area contributed by atoms with Crippen LogP contribution < -0.4 is 4.74 Å². The maximum Gasteiger partial charge on any atom is 0.335 e. The maximum absolute atomic E-state index is 14.6. The summed E-state index contributed by atoms with van der Waals surface area (Å²) in [5.74, 6) is -2.77. The van der Waals surface area contributed by atoms with Crippen LogP contribution in [0.1, 0.15) is 120 Å². The Morgan fingerprint density at radius 3 is 2.13 bits per heavy atom. The van der Waals surface area contributed by atoms with Gasteiger partial charge in [-0.15, -0.1) is 0 Å². The van der Waals surface area contributed by atoms with Crippen molar-refractivity contribution in [3.05, 3.63) is 29.8 Å². The van der Waals surface area contributed by atoms with E-state index >= 15 is 0 Å². The summed E-state index contributed by atoms with van der Waals surface area (Å²) >= 11 is 0. The van der Waals surface area contributed by atoms with Gasteiger partial charge in [0, 0.05) is 32.0 Å². The summed E-state index contributed by atoms with van der Waals surface area (Å²) in [5.41, 5.74) is -3.70. The molecule has 1 aromatic carbocycles. The Balaban J connectivity index is 1.85. The molecule has 0 aliphatic carbocycles. The SMILES string of the molecule is CC[C@@H]1O[C@@H](O[C@H]2[C@H](C)[C@@H](O[C@@H]3O[C@H](C)C[C@H](N(C)C)[C@H]3OC(=O)[C@@H](C)OCc3ccc(OC)cc3)[C@@](O)(CC)C[C@@H](C)CN(C)[C@H](C)[C@@H](O)[C@](C)(O)[C@@H](CC)OC(=O)[C@@H]2C)C[C@@](C)(OC)[C@H]1O. The molecule has 19 atom stereocenters. The van der Waals surface area contributed by atoms with E-state index in [0.717, 1.165) is 5.56 Å². The second-order valence-corrected chi connectivity index (χ2v) is 20.7. The van der Waals surface area contributed by atoms with Crippen molar-refractivity contribution in [2.75, 3.05) is 41.9 Å². The van der Waals surface area contributed by atoms with Crippen molar-refractivity contribution in [2.24, 2.45) is 17.8 Å². The number of carbonyl (C=O) groups excluding carboxylic acids is 2. The average Bonchev–Trinajstić information content (AvgIpc) is 3.30. The molecule has 3 aliphatic rings. The molecule has 0 unspecified atom stereocenters. The number of nitrogens with zero attached hydrogens (tertiary/aromatic N) is 2. The number of cyclic esters (lactones) is 1. The van der Waals surface area contributed by atoms with E-state index in [1.54, 1.807) is 41.7 Å². The molecule has 0 aromatic heterocycles. The molecule has 1 aromatic rings. The van der Waals surface area contributed by atoms with Crippen LogP contribution in [0.2, 0.25) is 0 Å². The van der Waals surface area contributed by atoms with Crippen LogP contribution in [-0.4, -0.2) is 180 Å². The van der Waals surface area contributed by atoms with E-state index in [2.05, 4.69) is 0 Å². The van der Waals surface area contributed by atoms with Gasteiger partial charge in [-0.1, -0.05) is 46.8 Å². The molecule has 3 fully saturated rings. The smallest absolute Gasteiger partial charge is 0.335 e. The fourth-order valence-corrected chi connectivity index (χ4v) is 10.4. The van der Waals surface area contributed by atoms with E-state index in [0.29, 0.717) is 25.1 Å². The van der Waals surface area contributed by atoms with Crippen molar-refractivity contribution in [1.29, 1.82) is 0 Å². The number of esters is 2. The van der Waals surface area contributed by atoms with Gasteiger partial charge in [0.15, 0.2) is 24.8 Å². The number of methoxy groups -OCH3 is 2. The lowest BCUT2D eigenvalue weighted by Crippen LogP contribution is -2.62. The second-order valence-electron chi connectivity index (χ2n) is 20.7. The van der Waals surface area contributed by atoms with Gasteiger partial charge in [-0.2, -0.15) is 0 Å². The lowest BCUT2D eigenvalue weighted by Gasteiger charge is -2.50. The van der Waals surface area contributed by atoms with Gasteiger partial charge in [0.1, 0.15) is 29.7 Å². The van der Waals surface area contributed by atoms with Crippen LogP contribution >= 0.6 is 0 Å². The van der Waals surface area contributed by atoms with Gasteiger partial charge in [-0.05, 0) is 118 Å². The summed E-state index contributed by atoms with van der Waals surface area (Å²) in [6, 6.07) is 6.39. The predicted octanol–water partition coefficient (Wildman–Crippen LogP) is 4.85. The summed E-state index contributed by atoms with van der Waals surface area (Å²) in [6.07, 6.45) is -9.25. The molecule has 0 radical (unpaired) electrons. The van der Waals surface area contributed by atoms with Crippen molar-refractivity contribution < 1.29 is 72.6 Å². The summed E-state index contributed by atoms with van der Waals surface area (Å²) < 4.78 is 56.8. The first-order valence-electron chi connectivity index (χ1n) is 24.8. The van der Waals surface area contributed by atoms with E-state index in [1.165, 1.54) is 14.0 Å². The molecular weight excluding hydrogens is 881 g/mol. The van der Waals surface area contributed by atoms with Crippen LogP contribution in [0.3, 0.4) is 0 Å². The molecule has 17 nitrogen and oxygen atoms in total. The zero-order valence-electron chi connectivity index (χ0n) is 43.9. The zero-order valence-corrected chi connectivity index (χ0v) is 43.9. The first kappa shape index (κ1) is 58.1. The highest BCUT2D eigenvalue weighted by Gasteiger charge is 2.54. The number of hydrogen-bond donors (Lipinski definition) is 4. The Morgan fingerprint density at radius 1 is 0.926 bits per heavy atom. The minimum Gasteiger partial charge on any atom is -0.497 e. The van der Waals surface area contributed by atoms with Gasteiger partial charge in [-0.3, -0.25) is 4.79 Å². The van der Waals surface area contributed by atoms with Crippen LogP contribution in [0, 0.1) is 17.8 Å². The number of carbonyl (C=O) groups is 2. The van der Waals surface area contributed by atoms with Gasteiger partial charge in [0.25, 0.3) is 0 Å². The first-order chi connectivity index (χ1) is 31.8. The highest BCUT2D eigenvalue weighted by molar-refractivity contribution is 5.74. The molecule has 392 valence electrons. The van der Waals surface area contributed by atoms with Crippen LogP contribution in [-0.2, 0) is 54.1 Å². The number of ether oxygens (including phenoxy) is 9. The summed E-state index contributed by atoms with van der Waals surface area (Å²) in [4.78, 5) is 32.6. The lowest BCUT2D eigenvalue weighted by molar-refractivity contribution is -0.322. The Morgan fingerprint density at radius 2 is 1.57 bits per heavy atom. The average molecular weight is 969 g/mol. The standard InChI is InChI=1S/C51H88N2O15/c1-17-38-44(55)49(10,61-16)26-40(64-38)66-41-31(6)45(51(59,19-3)25-29(4)27-53(14)33(8)43(54)50(11,58)39(18-2)65-46(56)32(41)7)68-48-42(37(52(12)13)24-30(5)63-48)67-47(57)34(9)62-28-35-20-22-36(60-15)23-21-35/h20-23,29-34,37-45,48,54-55,58-59H,17-19,24-28H2,1-16H3/t29-,30-,31+,32-,33-,34-,37+,38+,39-,40+,41+,42-,43-,44+,45-,48+,49-,50-,51-/m1/s1. The topological polar surface area (TPSA) is 205 Å². The van der Waals surface area contributed by atoms with E-state index < -0.39 is 108 Å². The van der Waals surface area contributed by atoms with E-state index in [9.17, 15) is 30.0 Å². The summed E-state index contributed by atoms with van der Waals surface area (Å²) in [6.45, 7) is 20.2. The fraction of sp³-hybridized carbons (Fsp3) is 0.843. The van der Waals surface area contributed by atoms with Gasteiger partial charge in [0.2, 0.25) is 0 Å². The molecule has 3 aliphatic heterocycles. The number of hydrogen-bond acceptors (Lipinski definition) is 17. The van der Waals surface area contributed by atoms with E-state index in [1.807, 2.05) is 89.8 Å². The molecule has 0 spiro atoms. The molecule has 68 heavy (non-hydrogen) atoms. The Hall–Kier alpha value is -2.52. The van der Waals surface area contributed by atoms with Crippen molar-refractivity contribution in [1.82, 2.24) is 9.80 Å². The number of aliphatic hydroxyl groups excluding tert-OH is 2. The molecule has 3 heterocycles. The Kier molecular flexibility index (Phi) is 21.1. The number of rotatable bonds is 15. The molecule has 17 heteroatoms.